The van der Waals surface area contributed by atoms with E-state index in [9.17, 15) is 15.0 Å². The molecule has 4 heteroatoms. The van der Waals surface area contributed by atoms with Gasteiger partial charge in [0.1, 0.15) is 6.10 Å². The Kier molecular flexibility index (Phi) is 16.8. The molecule has 1 aromatic rings. The van der Waals surface area contributed by atoms with Crippen LogP contribution in [-0.4, -0.2) is 28.8 Å². The SMILES string of the molecule is CCCCCCCC/C=C\CCCCCCCC(=O)N[C@@H](CO)[C@@H](O)c1ccccc1. The lowest BCUT2D eigenvalue weighted by atomic mass is 10.0. The quantitative estimate of drug-likeness (QED) is 0.179. The zero-order chi connectivity index (χ0) is 22.6. The van der Waals surface area contributed by atoms with Crippen molar-refractivity contribution >= 4 is 5.91 Å². The van der Waals surface area contributed by atoms with Gasteiger partial charge < -0.3 is 15.5 Å². The Hall–Kier alpha value is -1.65. The van der Waals surface area contributed by atoms with E-state index in [2.05, 4.69) is 24.4 Å². The van der Waals surface area contributed by atoms with Crippen molar-refractivity contribution in [2.24, 2.45) is 0 Å². The van der Waals surface area contributed by atoms with E-state index in [1.165, 1.54) is 57.8 Å². The second-order valence-electron chi connectivity index (χ2n) is 8.55. The Morgan fingerprint density at radius 1 is 0.871 bits per heavy atom. The monoisotopic (exact) mass is 431 g/mol. The number of amides is 1. The summed E-state index contributed by atoms with van der Waals surface area (Å²) >= 11 is 0. The zero-order valence-electron chi connectivity index (χ0n) is 19.6. The number of rotatable bonds is 19. The fourth-order valence-electron chi connectivity index (χ4n) is 3.74. The van der Waals surface area contributed by atoms with Crippen molar-refractivity contribution in [1.82, 2.24) is 5.32 Å². The summed E-state index contributed by atoms with van der Waals surface area (Å²) in [4.78, 5) is 12.1. The molecule has 1 aromatic carbocycles. The summed E-state index contributed by atoms with van der Waals surface area (Å²) in [7, 11) is 0. The Labute approximate surface area is 190 Å². The third kappa shape index (κ3) is 14.1. The maximum Gasteiger partial charge on any atom is 0.220 e. The highest BCUT2D eigenvalue weighted by Crippen LogP contribution is 2.16. The first-order chi connectivity index (χ1) is 15.2. The van der Waals surface area contributed by atoms with Crippen LogP contribution in [-0.2, 0) is 4.79 Å². The van der Waals surface area contributed by atoms with E-state index in [1.54, 1.807) is 12.1 Å². The van der Waals surface area contributed by atoms with Gasteiger partial charge in [0.15, 0.2) is 0 Å². The van der Waals surface area contributed by atoms with Crippen LogP contribution in [0.15, 0.2) is 42.5 Å². The predicted molar refractivity (Wildman–Crippen MR) is 130 cm³/mol. The third-order valence-electron chi connectivity index (χ3n) is 5.73. The van der Waals surface area contributed by atoms with Crippen molar-refractivity contribution in [1.29, 1.82) is 0 Å². The van der Waals surface area contributed by atoms with Gasteiger partial charge in [-0.3, -0.25) is 4.79 Å². The molecular weight excluding hydrogens is 386 g/mol. The van der Waals surface area contributed by atoms with Crippen LogP contribution in [0.1, 0.15) is 108 Å². The summed E-state index contributed by atoms with van der Waals surface area (Å²) < 4.78 is 0. The number of benzene rings is 1. The van der Waals surface area contributed by atoms with Crippen molar-refractivity contribution in [3.63, 3.8) is 0 Å². The van der Waals surface area contributed by atoms with Crippen LogP contribution >= 0.6 is 0 Å². The summed E-state index contributed by atoms with van der Waals surface area (Å²) in [5.41, 5.74) is 0.697. The lowest BCUT2D eigenvalue weighted by molar-refractivity contribution is -0.123. The van der Waals surface area contributed by atoms with Gasteiger partial charge in [-0.05, 0) is 37.7 Å². The first-order valence-electron chi connectivity index (χ1n) is 12.5. The maximum absolute atomic E-state index is 12.1. The highest BCUT2D eigenvalue weighted by molar-refractivity contribution is 5.76. The summed E-state index contributed by atoms with van der Waals surface area (Å²) in [6.45, 7) is 1.97. The van der Waals surface area contributed by atoms with Crippen molar-refractivity contribution < 1.29 is 15.0 Å². The van der Waals surface area contributed by atoms with Gasteiger partial charge in [-0.2, -0.15) is 0 Å². The van der Waals surface area contributed by atoms with Crippen molar-refractivity contribution in [3.05, 3.63) is 48.0 Å². The molecule has 0 heterocycles. The van der Waals surface area contributed by atoms with E-state index in [0.29, 0.717) is 12.0 Å². The summed E-state index contributed by atoms with van der Waals surface area (Å²) in [6.07, 6.45) is 20.2. The molecule has 1 amide bonds. The number of unbranched alkanes of at least 4 members (excludes halogenated alkanes) is 11. The largest absolute Gasteiger partial charge is 0.394 e. The fraction of sp³-hybridized carbons (Fsp3) is 0.667. The molecule has 0 bridgehead atoms. The minimum absolute atomic E-state index is 0.105. The van der Waals surface area contributed by atoms with E-state index < -0.39 is 12.1 Å². The molecule has 0 unspecified atom stereocenters. The second-order valence-corrected chi connectivity index (χ2v) is 8.55. The lowest BCUT2D eigenvalue weighted by Gasteiger charge is -2.22. The van der Waals surface area contributed by atoms with Gasteiger partial charge in [0.05, 0.1) is 12.6 Å². The first-order valence-corrected chi connectivity index (χ1v) is 12.5. The Morgan fingerprint density at radius 3 is 2.00 bits per heavy atom. The number of carbonyl (C=O) groups is 1. The average Bonchev–Trinajstić information content (AvgIpc) is 2.80. The number of allylic oxidation sites excluding steroid dienone is 2. The maximum atomic E-state index is 12.1. The number of carbonyl (C=O) groups excluding carboxylic acids is 1. The molecule has 3 N–H and O–H groups in total. The molecule has 2 atom stereocenters. The molecule has 4 nitrogen and oxygen atoms in total. The van der Waals surface area contributed by atoms with Crippen LogP contribution in [0.3, 0.4) is 0 Å². The molecule has 0 aromatic heterocycles. The Balaban J connectivity index is 2.00. The van der Waals surface area contributed by atoms with Crippen molar-refractivity contribution in [3.8, 4) is 0 Å². The first kappa shape index (κ1) is 27.4. The van der Waals surface area contributed by atoms with Gasteiger partial charge in [0.25, 0.3) is 0 Å². The number of aliphatic hydroxyl groups is 2. The molecule has 0 aliphatic rings. The van der Waals surface area contributed by atoms with Crippen LogP contribution in [0.25, 0.3) is 0 Å². The molecular formula is C27H45NO3. The molecule has 0 aliphatic heterocycles. The van der Waals surface area contributed by atoms with E-state index in [-0.39, 0.29) is 12.5 Å². The average molecular weight is 432 g/mol. The third-order valence-corrected chi connectivity index (χ3v) is 5.73. The molecule has 0 saturated carbocycles. The molecule has 176 valence electrons. The molecule has 0 radical (unpaired) electrons. The smallest absolute Gasteiger partial charge is 0.220 e. The Bertz CT molecular complexity index is 573. The predicted octanol–water partition coefficient (Wildman–Crippen LogP) is 6.23. The van der Waals surface area contributed by atoms with E-state index in [4.69, 9.17) is 0 Å². The lowest BCUT2D eigenvalue weighted by Crippen LogP contribution is -2.41. The van der Waals surface area contributed by atoms with Crippen molar-refractivity contribution in [2.45, 2.75) is 109 Å². The second kappa shape index (κ2) is 19.1. The number of hydrogen-bond donors (Lipinski definition) is 3. The van der Waals surface area contributed by atoms with E-state index in [1.807, 2.05) is 18.2 Å². The number of nitrogens with one attached hydrogen (secondary N) is 1. The minimum atomic E-state index is -0.899. The molecule has 31 heavy (non-hydrogen) atoms. The van der Waals surface area contributed by atoms with E-state index >= 15 is 0 Å². The van der Waals surface area contributed by atoms with Gasteiger partial charge in [0, 0.05) is 6.42 Å². The molecule has 0 spiro atoms. The van der Waals surface area contributed by atoms with E-state index in [0.717, 1.165) is 25.7 Å². The summed E-state index contributed by atoms with van der Waals surface area (Å²) in [5, 5.41) is 22.6. The molecule has 0 saturated heterocycles. The standard InChI is InChI=1S/C27H45NO3/c1-2-3-4-5-6-7-8-9-10-11-12-13-14-15-19-22-26(30)28-25(23-29)27(31)24-20-17-16-18-21-24/h9-10,16-18,20-21,25,27,29,31H,2-8,11-15,19,22-23H2,1H3,(H,28,30)/b10-9-/t25-,27-/m0/s1. The van der Waals surface area contributed by atoms with Crippen LogP contribution in [0.4, 0.5) is 0 Å². The zero-order valence-corrected chi connectivity index (χ0v) is 19.6. The molecule has 1 rings (SSSR count). The van der Waals surface area contributed by atoms with Gasteiger partial charge in [-0.25, -0.2) is 0 Å². The minimum Gasteiger partial charge on any atom is -0.394 e. The molecule has 0 aliphatic carbocycles. The highest BCUT2D eigenvalue weighted by atomic mass is 16.3. The highest BCUT2D eigenvalue weighted by Gasteiger charge is 2.21. The van der Waals surface area contributed by atoms with Crippen LogP contribution in [0.5, 0.6) is 0 Å². The van der Waals surface area contributed by atoms with Crippen LogP contribution in [0, 0.1) is 0 Å². The number of aliphatic hydroxyl groups excluding tert-OH is 2. The molecule has 0 fully saturated rings. The van der Waals surface area contributed by atoms with Crippen molar-refractivity contribution in [2.75, 3.05) is 6.61 Å². The van der Waals surface area contributed by atoms with Crippen LogP contribution in [0.2, 0.25) is 0 Å². The fourth-order valence-corrected chi connectivity index (χ4v) is 3.74. The van der Waals surface area contributed by atoms with Gasteiger partial charge in [-0.15, -0.1) is 0 Å². The van der Waals surface area contributed by atoms with Gasteiger partial charge in [0.2, 0.25) is 5.91 Å². The van der Waals surface area contributed by atoms with Crippen LogP contribution < -0.4 is 5.32 Å². The topological polar surface area (TPSA) is 69.6 Å². The van der Waals surface area contributed by atoms with Gasteiger partial charge >= 0.3 is 0 Å². The summed E-state index contributed by atoms with van der Waals surface area (Å²) in [5.74, 6) is -0.105. The number of hydrogen-bond acceptors (Lipinski definition) is 3. The summed E-state index contributed by atoms with van der Waals surface area (Å²) in [6, 6.07) is 8.46. The van der Waals surface area contributed by atoms with Gasteiger partial charge in [-0.1, -0.05) is 101 Å². The normalized spacial score (nSPS) is 13.4. The Morgan fingerprint density at radius 2 is 1.42 bits per heavy atom.